The summed E-state index contributed by atoms with van der Waals surface area (Å²) in [5, 5.41) is 3.00. The Morgan fingerprint density at radius 2 is 1.85 bits per heavy atom. The molecule has 0 heterocycles. The fraction of sp³-hybridized carbons (Fsp3) is 0.235. The van der Waals surface area contributed by atoms with E-state index in [0.29, 0.717) is 0 Å². The van der Waals surface area contributed by atoms with Crippen LogP contribution < -0.4 is 10.1 Å². The number of carbonyl (C=O) groups excluding carboxylic acids is 1. The number of anilines is 1. The zero-order valence-corrected chi connectivity index (χ0v) is 11.4. The van der Waals surface area contributed by atoms with Gasteiger partial charge in [-0.15, -0.1) is 0 Å². The van der Waals surface area contributed by atoms with Crippen LogP contribution in [0, 0.1) is 0 Å². The van der Waals surface area contributed by atoms with Gasteiger partial charge in [-0.2, -0.15) is 0 Å². The summed E-state index contributed by atoms with van der Waals surface area (Å²) in [7, 11) is 1.62. The molecule has 3 heteroatoms. The molecule has 0 aromatic heterocycles. The molecular formula is C17H17NO2. The van der Waals surface area contributed by atoms with E-state index in [1.165, 1.54) is 0 Å². The van der Waals surface area contributed by atoms with Crippen LogP contribution in [0.4, 0.5) is 5.69 Å². The molecule has 0 radical (unpaired) electrons. The van der Waals surface area contributed by atoms with E-state index >= 15 is 0 Å². The van der Waals surface area contributed by atoms with Crippen LogP contribution >= 0.6 is 0 Å². The summed E-state index contributed by atoms with van der Waals surface area (Å²) in [6.07, 6.45) is 1.82. The van der Waals surface area contributed by atoms with Crippen LogP contribution in [0.5, 0.6) is 5.75 Å². The molecule has 0 spiro atoms. The maximum Gasteiger partial charge on any atom is 0.235 e. The summed E-state index contributed by atoms with van der Waals surface area (Å²) in [5.41, 5.74) is 1.53. The summed E-state index contributed by atoms with van der Waals surface area (Å²) in [6.45, 7) is 0. The number of amides is 1. The minimum atomic E-state index is -0.343. The zero-order valence-electron chi connectivity index (χ0n) is 11.4. The van der Waals surface area contributed by atoms with Crippen LogP contribution in [0.3, 0.4) is 0 Å². The van der Waals surface area contributed by atoms with Gasteiger partial charge in [-0.25, -0.2) is 0 Å². The summed E-state index contributed by atoms with van der Waals surface area (Å²) in [6, 6.07) is 17.4. The van der Waals surface area contributed by atoms with Crippen LogP contribution in [0.1, 0.15) is 18.4 Å². The smallest absolute Gasteiger partial charge is 0.235 e. The number of ether oxygens (including phenoxy) is 1. The van der Waals surface area contributed by atoms with Crippen LogP contribution in [0.25, 0.3) is 0 Å². The number of benzene rings is 2. The Hall–Kier alpha value is -2.29. The van der Waals surface area contributed by atoms with E-state index in [1.807, 2.05) is 54.6 Å². The average molecular weight is 267 g/mol. The van der Waals surface area contributed by atoms with Crippen molar-refractivity contribution in [3.05, 3.63) is 60.2 Å². The summed E-state index contributed by atoms with van der Waals surface area (Å²) in [5.74, 6) is 0.810. The molecule has 1 saturated carbocycles. The standard InChI is InChI=1S/C17H17NO2/c1-20-15-9-5-8-14(12-15)18-16(19)17(10-11-17)13-6-3-2-4-7-13/h2-9,12H,10-11H2,1H3,(H,18,19). The van der Waals surface area contributed by atoms with Crippen molar-refractivity contribution in [3.8, 4) is 5.75 Å². The van der Waals surface area contributed by atoms with Gasteiger partial charge < -0.3 is 10.1 Å². The highest BCUT2D eigenvalue weighted by atomic mass is 16.5. The molecule has 20 heavy (non-hydrogen) atoms. The normalized spacial score (nSPS) is 15.4. The van der Waals surface area contributed by atoms with Crippen molar-refractivity contribution in [3.63, 3.8) is 0 Å². The Balaban J connectivity index is 1.80. The van der Waals surface area contributed by atoms with Crippen LogP contribution in [-0.2, 0) is 10.2 Å². The second-order valence-corrected chi connectivity index (χ2v) is 5.13. The molecule has 1 fully saturated rings. The minimum Gasteiger partial charge on any atom is -0.497 e. The second kappa shape index (κ2) is 5.00. The Morgan fingerprint density at radius 3 is 2.50 bits per heavy atom. The molecule has 0 saturated heterocycles. The third-order valence-electron chi connectivity index (χ3n) is 3.84. The number of nitrogens with one attached hydrogen (secondary N) is 1. The lowest BCUT2D eigenvalue weighted by atomic mass is 9.95. The van der Waals surface area contributed by atoms with Gasteiger partial charge in [0, 0.05) is 11.8 Å². The topological polar surface area (TPSA) is 38.3 Å². The van der Waals surface area contributed by atoms with E-state index < -0.39 is 0 Å². The molecule has 2 aromatic carbocycles. The van der Waals surface area contributed by atoms with E-state index in [9.17, 15) is 4.79 Å². The molecule has 0 aliphatic heterocycles. The predicted octanol–water partition coefficient (Wildman–Crippen LogP) is 3.37. The Morgan fingerprint density at radius 1 is 1.10 bits per heavy atom. The van der Waals surface area contributed by atoms with Gasteiger partial charge in [0.05, 0.1) is 12.5 Å². The highest BCUT2D eigenvalue weighted by Crippen LogP contribution is 2.48. The molecule has 1 aliphatic carbocycles. The third-order valence-corrected chi connectivity index (χ3v) is 3.84. The van der Waals surface area contributed by atoms with Gasteiger partial charge in [0.1, 0.15) is 5.75 Å². The number of carbonyl (C=O) groups is 1. The predicted molar refractivity (Wildman–Crippen MR) is 79.0 cm³/mol. The van der Waals surface area contributed by atoms with Crippen molar-refractivity contribution in [1.29, 1.82) is 0 Å². The van der Waals surface area contributed by atoms with Crippen molar-refractivity contribution in [2.45, 2.75) is 18.3 Å². The van der Waals surface area contributed by atoms with Crippen molar-refractivity contribution in [2.75, 3.05) is 12.4 Å². The molecular weight excluding hydrogens is 250 g/mol. The zero-order chi connectivity index (χ0) is 14.0. The third kappa shape index (κ3) is 2.27. The van der Waals surface area contributed by atoms with Gasteiger partial charge >= 0.3 is 0 Å². The van der Waals surface area contributed by atoms with Gasteiger partial charge in [-0.05, 0) is 30.5 Å². The molecule has 3 rings (SSSR count). The maximum absolute atomic E-state index is 12.5. The molecule has 1 N–H and O–H groups in total. The molecule has 3 nitrogen and oxygen atoms in total. The lowest BCUT2D eigenvalue weighted by molar-refractivity contribution is -0.118. The first kappa shape index (κ1) is 12.7. The first-order valence-corrected chi connectivity index (χ1v) is 6.76. The highest BCUT2D eigenvalue weighted by molar-refractivity contribution is 6.01. The number of rotatable bonds is 4. The average Bonchev–Trinajstić information content (AvgIpc) is 3.30. The highest BCUT2D eigenvalue weighted by Gasteiger charge is 2.51. The Bertz CT molecular complexity index is 618. The van der Waals surface area contributed by atoms with Gasteiger partial charge in [-0.1, -0.05) is 36.4 Å². The van der Waals surface area contributed by atoms with E-state index in [1.54, 1.807) is 7.11 Å². The monoisotopic (exact) mass is 267 g/mol. The quantitative estimate of drug-likeness (QED) is 0.922. The lowest BCUT2D eigenvalue weighted by Gasteiger charge is -2.16. The fourth-order valence-electron chi connectivity index (χ4n) is 2.48. The molecule has 2 aromatic rings. The number of methoxy groups -OCH3 is 1. The molecule has 1 amide bonds. The first-order valence-electron chi connectivity index (χ1n) is 6.76. The van der Waals surface area contributed by atoms with Crippen LogP contribution in [0.15, 0.2) is 54.6 Å². The number of hydrogen-bond donors (Lipinski definition) is 1. The summed E-state index contributed by atoms with van der Waals surface area (Å²) < 4.78 is 5.17. The SMILES string of the molecule is COc1cccc(NC(=O)C2(c3ccccc3)CC2)c1. The fourth-order valence-corrected chi connectivity index (χ4v) is 2.48. The summed E-state index contributed by atoms with van der Waals surface area (Å²) >= 11 is 0. The van der Waals surface area contributed by atoms with Crippen LogP contribution in [-0.4, -0.2) is 13.0 Å². The molecule has 0 atom stereocenters. The molecule has 1 aliphatic rings. The molecule has 0 unspecified atom stereocenters. The van der Waals surface area contributed by atoms with E-state index in [-0.39, 0.29) is 11.3 Å². The van der Waals surface area contributed by atoms with E-state index in [2.05, 4.69) is 5.32 Å². The van der Waals surface area contributed by atoms with E-state index in [0.717, 1.165) is 29.8 Å². The maximum atomic E-state index is 12.5. The van der Waals surface area contributed by atoms with Gasteiger partial charge in [0.25, 0.3) is 0 Å². The van der Waals surface area contributed by atoms with Crippen molar-refractivity contribution in [2.24, 2.45) is 0 Å². The Labute approximate surface area is 118 Å². The first-order chi connectivity index (χ1) is 9.74. The largest absolute Gasteiger partial charge is 0.497 e. The summed E-state index contributed by atoms with van der Waals surface area (Å²) in [4.78, 5) is 12.5. The van der Waals surface area contributed by atoms with Gasteiger partial charge in [0.15, 0.2) is 0 Å². The van der Waals surface area contributed by atoms with Gasteiger partial charge in [-0.3, -0.25) is 4.79 Å². The second-order valence-electron chi connectivity index (χ2n) is 5.13. The molecule has 0 bridgehead atoms. The Kier molecular flexibility index (Phi) is 3.18. The van der Waals surface area contributed by atoms with Crippen molar-refractivity contribution in [1.82, 2.24) is 0 Å². The minimum absolute atomic E-state index is 0.0666. The lowest BCUT2D eigenvalue weighted by Crippen LogP contribution is -2.27. The van der Waals surface area contributed by atoms with Crippen molar-refractivity contribution < 1.29 is 9.53 Å². The van der Waals surface area contributed by atoms with Crippen LogP contribution in [0.2, 0.25) is 0 Å². The van der Waals surface area contributed by atoms with Crippen molar-refractivity contribution >= 4 is 11.6 Å². The number of hydrogen-bond acceptors (Lipinski definition) is 2. The molecule has 102 valence electrons. The van der Waals surface area contributed by atoms with Gasteiger partial charge in [0.2, 0.25) is 5.91 Å². The van der Waals surface area contributed by atoms with E-state index in [4.69, 9.17) is 4.74 Å².